The molecule has 0 N–H and O–H groups in total. The van der Waals surface area contributed by atoms with Gasteiger partial charge in [-0.3, -0.25) is 9.97 Å². The molecule has 7 nitrogen and oxygen atoms in total. The van der Waals surface area contributed by atoms with Crippen LogP contribution in [0, 0.1) is 13.8 Å². The molecule has 0 spiro atoms. The smallest absolute Gasteiger partial charge is 0.220 e. The van der Waals surface area contributed by atoms with Gasteiger partial charge in [-0.25, -0.2) is 8.42 Å². The van der Waals surface area contributed by atoms with Gasteiger partial charge >= 0.3 is 0 Å². The molecule has 1 aromatic heterocycles. The zero-order valence-electron chi connectivity index (χ0n) is 20.4. The molecule has 0 radical (unpaired) electrons. The van der Waals surface area contributed by atoms with Crippen molar-refractivity contribution < 1.29 is 17.9 Å². The maximum atomic E-state index is 14.0. The number of hydrogen-bond acceptors (Lipinski definition) is 6. The summed E-state index contributed by atoms with van der Waals surface area (Å²) in [7, 11) is -2.19. The minimum Gasteiger partial charge on any atom is -0.497 e. The standard InChI is InChI=1S/C26H33N3O4S/c1-6-33-26(25-16-27-20(3)15-28-25)21(4)34(30,31)29(17-22-9-7-19(2)8-10-22)18-23-11-13-24(32-5)14-12-23/h7-16,21,26H,6,17-18H2,1-5H3/t21-,26+/m1/s1. The third kappa shape index (κ3) is 6.40. The first-order valence-electron chi connectivity index (χ1n) is 11.3. The lowest BCUT2D eigenvalue weighted by molar-refractivity contribution is 0.0573. The fourth-order valence-electron chi connectivity index (χ4n) is 3.65. The van der Waals surface area contributed by atoms with Crippen molar-refractivity contribution in [3.8, 4) is 5.75 Å². The molecule has 182 valence electrons. The van der Waals surface area contributed by atoms with E-state index in [-0.39, 0.29) is 13.1 Å². The van der Waals surface area contributed by atoms with E-state index in [0.29, 0.717) is 12.3 Å². The van der Waals surface area contributed by atoms with Gasteiger partial charge in [0.15, 0.2) is 0 Å². The Balaban J connectivity index is 1.96. The lowest BCUT2D eigenvalue weighted by Gasteiger charge is -2.30. The molecular weight excluding hydrogens is 450 g/mol. The van der Waals surface area contributed by atoms with Gasteiger partial charge in [0.1, 0.15) is 17.1 Å². The second kappa shape index (κ2) is 11.6. The van der Waals surface area contributed by atoms with Crippen LogP contribution >= 0.6 is 0 Å². The highest BCUT2D eigenvalue weighted by molar-refractivity contribution is 7.89. The van der Waals surface area contributed by atoms with Crippen LogP contribution in [0.5, 0.6) is 5.75 Å². The molecule has 0 saturated carbocycles. The van der Waals surface area contributed by atoms with Crippen LogP contribution in [0.1, 0.15) is 48.0 Å². The van der Waals surface area contributed by atoms with E-state index in [1.54, 1.807) is 26.4 Å². The predicted molar refractivity (Wildman–Crippen MR) is 133 cm³/mol. The van der Waals surface area contributed by atoms with Gasteiger partial charge in [-0.2, -0.15) is 4.31 Å². The molecule has 0 aliphatic rings. The molecule has 3 rings (SSSR count). The lowest BCUT2D eigenvalue weighted by Crippen LogP contribution is -2.40. The van der Waals surface area contributed by atoms with Crippen LogP contribution in [-0.2, 0) is 27.8 Å². The van der Waals surface area contributed by atoms with Crippen LogP contribution < -0.4 is 4.74 Å². The Morgan fingerprint density at radius 3 is 2.00 bits per heavy atom. The Labute approximate surface area is 202 Å². The topological polar surface area (TPSA) is 81.6 Å². The molecule has 3 aromatic rings. The van der Waals surface area contributed by atoms with E-state index in [2.05, 4.69) is 9.97 Å². The van der Waals surface area contributed by atoms with Gasteiger partial charge < -0.3 is 9.47 Å². The Morgan fingerprint density at radius 2 is 1.50 bits per heavy atom. The van der Waals surface area contributed by atoms with Gasteiger partial charge in [0.05, 0.1) is 24.7 Å². The predicted octanol–water partition coefficient (Wildman–Crippen LogP) is 4.60. The Hall–Kier alpha value is -2.81. The summed E-state index contributed by atoms with van der Waals surface area (Å²) in [5, 5.41) is -0.867. The highest BCUT2D eigenvalue weighted by Crippen LogP contribution is 2.29. The molecule has 0 bridgehead atoms. The molecule has 34 heavy (non-hydrogen) atoms. The summed E-state index contributed by atoms with van der Waals surface area (Å²) in [6, 6.07) is 15.3. The second-order valence-corrected chi connectivity index (χ2v) is 10.6. The molecular formula is C26H33N3O4S. The normalized spacial score (nSPS) is 13.6. The third-order valence-corrected chi connectivity index (χ3v) is 7.86. The van der Waals surface area contributed by atoms with Gasteiger partial charge in [-0.15, -0.1) is 0 Å². The molecule has 2 aromatic carbocycles. The Bertz CT molecular complexity index is 1150. The van der Waals surface area contributed by atoms with Crippen LogP contribution in [0.3, 0.4) is 0 Å². The number of benzene rings is 2. The molecule has 0 aliphatic carbocycles. The number of hydrogen-bond donors (Lipinski definition) is 0. The van der Waals surface area contributed by atoms with Crippen LogP contribution in [-0.4, -0.2) is 41.7 Å². The van der Waals surface area contributed by atoms with Crippen LogP contribution in [0.4, 0.5) is 0 Å². The zero-order chi connectivity index (χ0) is 24.7. The van der Waals surface area contributed by atoms with Crippen molar-refractivity contribution in [2.24, 2.45) is 0 Å². The molecule has 0 aliphatic heterocycles. The van der Waals surface area contributed by atoms with Crippen LogP contribution in [0.25, 0.3) is 0 Å². The molecule has 1 heterocycles. The van der Waals surface area contributed by atoms with Crippen molar-refractivity contribution in [1.29, 1.82) is 0 Å². The van der Waals surface area contributed by atoms with Crippen molar-refractivity contribution in [2.45, 2.75) is 52.1 Å². The van der Waals surface area contributed by atoms with E-state index < -0.39 is 21.4 Å². The first-order chi connectivity index (χ1) is 16.2. The van der Waals surface area contributed by atoms with E-state index in [9.17, 15) is 8.42 Å². The van der Waals surface area contributed by atoms with Crippen LogP contribution in [0.2, 0.25) is 0 Å². The van der Waals surface area contributed by atoms with E-state index in [1.165, 1.54) is 4.31 Å². The summed E-state index contributed by atoms with van der Waals surface area (Å²) in [6.07, 6.45) is 2.48. The number of aryl methyl sites for hydroxylation is 2. The summed E-state index contributed by atoms with van der Waals surface area (Å²) in [4.78, 5) is 8.69. The van der Waals surface area contributed by atoms with Gasteiger partial charge in [0.2, 0.25) is 10.0 Å². The van der Waals surface area contributed by atoms with Gasteiger partial charge in [0.25, 0.3) is 0 Å². The summed E-state index contributed by atoms with van der Waals surface area (Å²) in [5.41, 5.74) is 4.17. The van der Waals surface area contributed by atoms with E-state index >= 15 is 0 Å². The van der Waals surface area contributed by atoms with Gasteiger partial charge in [0, 0.05) is 25.9 Å². The Kier molecular flexibility index (Phi) is 8.77. The maximum absolute atomic E-state index is 14.0. The number of sulfonamides is 1. The third-order valence-electron chi connectivity index (χ3n) is 5.69. The molecule has 8 heteroatoms. The largest absolute Gasteiger partial charge is 0.497 e. The molecule has 0 fully saturated rings. The van der Waals surface area contributed by atoms with Gasteiger partial charge in [-0.1, -0.05) is 42.0 Å². The number of ether oxygens (including phenoxy) is 2. The van der Waals surface area contributed by atoms with Crippen LogP contribution in [0.15, 0.2) is 60.9 Å². The molecule has 0 saturated heterocycles. The first-order valence-corrected chi connectivity index (χ1v) is 12.8. The van der Waals surface area contributed by atoms with Crippen molar-refractivity contribution >= 4 is 10.0 Å². The number of rotatable bonds is 11. The van der Waals surface area contributed by atoms with Gasteiger partial charge in [-0.05, 0) is 51.0 Å². The van der Waals surface area contributed by atoms with Crippen molar-refractivity contribution in [3.05, 3.63) is 89.0 Å². The lowest BCUT2D eigenvalue weighted by atomic mass is 10.1. The van der Waals surface area contributed by atoms with E-state index in [4.69, 9.17) is 9.47 Å². The summed E-state index contributed by atoms with van der Waals surface area (Å²) >= 11 is 0. The fourth-order valence-corrected chi connectivity index (χ4v) is 5.31. The van der Waals surface area contributed by atoms with Crippen molar-refractivity contribution in [3.63, 3.8) is 0 Å². The van der Waals surface area contributed by atoms with E-state index in [0.717, 1.165) is 28.1 Å². The quantitative estimate of drug-likeness (QED) is 0.396. The minimum atomic E-state index is -3.79. The summed E-state index contributed by atoms with van der Waals surface area (Å²) < 4.78 is 40.6. The average molecular weight is 484 g/mol. The van der Waals surface area contributed by atoms with Crippen molar-refractivity contribution in [2.75, 3.05) is 13.7 Å². The monoisotopic (exact) mass is 483 g/mol. The molecule has 2 atom stereocenters. The maximum Gasteiger partial charge on any atom is 0.220 e. The minimum absolute atomic E-state index is 0.225. The Morgan fingerprint density at radius 1 is 0.912 bits per heavy atom. The second-order valence-electron chi connectivity index (χ2n) is 8.31. The highest BCUT2D eigenvalue weighted by atomic mass is 32.2. The van der Waals surface area contributed by atoms with Crippen molar-refractivity contribution in [1.82, 2.24) is 14.3 Å². The SMILES string of the molecule is CCO[C@H](c1cnc(C)cn1)[C@@H](C)S(=O)(=O)N(Cc1ccc(C)cc1)Cc1ccc(OC)cc1. The highest BCUT2D eigenvalue weighted by Gasteiger charge is 2.37. The molecule has 0 unspecified atom stereocenters. The summed E-state index contributed by atoms with van der Waals surface area (Å²) in [6.45, 7) is 8.19. The number of methoxy groups -OCH3 is 1. The number of aromatic nitrogens is 2. The fraction of sp³-hybridized carbons (Fsp3) is 0.385. The zero-order valence-corrected chi connectivity index (χ0v) is 21.2. The average Bonchev–Trinajstić information content (AvgIpc) is 2.84. The van der Waals surface area contributed by atoms with E-state index in [1.807, 2.05) is 69.3 Å². The first kappa shape index (κ1) is 25.8. The number of nitrogens with zero attached hydrogens (tertiary/aromatic N) is 3. The summed E-state index contributed by atoms with van der Waals surface area (Å²) in [5.74, 6) is 0.722. The molecule has 0 amide bonds.